The second kappa shape index (κ2) is 8.19. The van der Waals surface area contributed by atoms with E-state index in [9.17, 15) is 4.79 Å². The first kappa shape index (κ1) is 17.5. The van der Waals surface area contributed by atoms with Gasteiger partial charge >= 0.3 is 0 Å². The molecule has 0 aliphatic heterocycles. The predicted molar refractivity (Wildman–Crippen MR) is 96.8 cm³/mol. The molecule has 0 radical (unpaired) electrons. The van der Waals surface area contributed by atoms with Crippen LogP contribution in [0.1, 0.15) is 10.6 Å². The Hall–Kier alpha value is -2.29. The van der Waals surface area contributed by atoms with Gasteiger partial charge in [-0.15, -0.1) is 10.2 Å². The van der Waals surface area contributed by atoms with Crippen LogP contribution < -0.4 is 5.32 Å². The average Bonchev–Trinajstić information content (AvgIpc) is 3.18. The van der Waals surface area contributed by atoms with Crippen LogP contribution in [0.25, 0.3) is 10.9 Å². The monoisotopic (exact) mass is 360 g/mol. The highest BCUT2D eigenvalue weighted by atomic mass is 32.1. The number of nitrogens with one attached hydrogen (secondary N) is 1. The van der Waals surface area contributed by atoms with E-state index in [1.54, 1.807) is 14.2 Å². The lowest BCUT2D eigenvalue weighted by Gasteiger charge is -2.03. The number of ether oxygens (including phenoxy) is 2. The van der Waals surface area contributed by atoms with Gasteiger partial charge < -0.3 is 19.4 Å². The number of nitrogens with zero attached hydrogens (tertiary/aromatic N) is 3. The van der Waals surface area contributed by atoms with E-state index in [1.165, 1.54) is 11.3 Å². The maximum absolute atomic E-state index is 12.4. The Morgan fingerprint density at radius 1 is 1.24 bits per heavy atom. The lowest BCUT2D eigenvalue weighted by molar-refractivity contribution is -0.115. The highest BCUT2D eigenvalue weighted by Crippen LogP contribution is 2.23. The van der Waals surface area contributed by atoms with Crippen molar-refractivity contribution in [2.24, 2.45) is 0 Å². The molecule has 0 aliphatic carbocycles. The van der Waals surface area contributed by atoms with E-state index in [0.29, 0.717) is 18.3 Å². The van der Waals surface area contributed by atoms with E-state index in [1.807, 2.05) is 30.5 Å². The SMILES string of the molecule is COCCn1cc(CC(=O)Nc2nnc(COC)s2)c2ccccc21. The quantitative estimate of drug-likeness (QED) is 0.668. The number of anilines is 1. The maximum Gasteiger partial charge on any atom is 0.230 e. The fourth-order valence-corrected chi connectivity index (χ4v) is 3.39. The summed E-state index contributed by atoms with van der Waals surface area (Å²) in [6.45, 7) is 1.76. The van der Waals surface area contributed by atoms with Gasteiger partial charge in [0.1, 0.15) is 11.6 Å². The van der Waals surface area contributed by atoms with E-state index in [0.717, 1.165) is 28.0 Å². The third kappa shape index (κ3) is 4.22. The number of benzene rings is 1. The average molecular weight is 360 g/mol. The minimum Gasteiger partial charge on any atom is -0.383 e. The number of methoxy groups -OCH3 is 2. The van der Waals surface area contributed by atoms with Gasteiger partial charge in [-0.25, -0.2) is 0 Å². The van der Waals surface area contributed by atoms with E-state index in [4.69, 9.17) is 9.47 Å². The van der Waals surface area contributed by atoms with Crippen molar-refractivity contribution in [3.05, 3.63) is 41.0 Å². The number of aromatic nitrogens is 3. The Morgan fingerprint density at radius 3 is 2.88 bits per heavy atom. The molecule has 0 bridgehead atoms. The van der Waals surface area contributed by atoms with Crippen molar-refractivity contribution in [2.75, 3.05) is 26.1 Å². The van der Waals surface area contributed by atoms with Crippen molar-refractivity contribution in [3.63, 3.8) is 0 Å². The number of hydrogen-bond acceptors (Lipinski definition) is 6. The molecular formula is C17H20N4O3S. The molecule has 2 heterocycles. The van der Waals surface area contributed by atoms with E-state index in [-0.39, 0.29) is 12.3 Å². The third-order valence-electron chi connectivity index (χ3n) is 3.74. The van der Waals surface area contributed by atoms with Gasteiger partial charge in [-0.1, -0.05) is 29.5 Å². The summed E-state index contributed by atoms with van der Waals surface area (Å²) in [6.07, 6.45) is 2.29. The summed E-state index contributed by atoms with van der Waals surface area (Å²) in [5, 5.41) is 13.0. The highest BCUT2D eigenvalue weighted by Gasteiger charge is 2.13. The van der Waals surface area contributed by atoms with Crippen molar-refractivity contribution in [1.29, 1.82) is 0 Å². The molecule has 0 unspecified atom stereocenters. The van der Waals surface area contributed by atoms with Crippen LogP contribution in [0.2, 0.25) is 0 Å². The summed E-state index contributed by atoms with van der Waals surface area (Å²) < 4.78 is 12.3. The van der Waals surface area contributed by atoms with Crippen molar-refractivity contribution in [2.45, 2.75) is 19.6 Å². The number of hydrogen-bond donors (Lipinski definition) is 1. The zero-order valence-corrected chi connectivity index (χ0v) is 15.0. The lowest BCUT2D eigenvalue weighted by Crippen LogP contribution is -2.14. The van der Waals surface area contributed by atoms with Crippen LogP contribution in [0, 0.1) is 0 Å². The first-order valence-electron chi connectivity index (χ1n) is 7.88. The zero-order valence-electron chi connectivity index (χ0n) is 14.2. The zero-order chi connectivity index (χ0) is 17.6. The van der Waals surface area contributed by atoms with Crippen LogP contribution in [-0.4, -0.2) is 41.5 Å². The first-order valence-corrected chi connectivity index (χ1v) is 8.69. The summed E-state index contributed by atoms with van der Waals surface area (Å²) >= 11 is 1.32. The molecule has 0 saturated heterocycles. The second-order valence-corrected chi connectivity index (χ2v) is 6.58. The van der Waals surface area contributed by atoms with Gasteiger partial charge in [0, 0.05) is 37.9 Å². The summed E-state index contributed by atoms with van der Waals surface area (Å²) in [5.41, 5.74) is 2.08. The van der Waals surface area contributed by atoms with Crippen LogP contribution >= 0.6 is 11.3 Å². The van der Waals surface area contributed by atoms with Crippen molar-refractivity contribution in [1.82, 2.24) is 14.8 Å². The van der Waals surface area contributed by atoms with Gasteiger partial charge in [-0.3, -0.25) is 4.79 Å². The fraction of sp³-hybridized carbons (Fsp3) is 0.353. The summed E-state index contributed by atoms with van der Waals surface area (Å²) in [4.78, 5) is 12.4. The second-order valence-electron chi connectivity index (χ2n) is 5.52. The molecular weight excluding hydrogens is 340 g/mol. The molecule has 1 amide bonds. The van der Waals surface area contributed by atoms with Crippen molar-refractivity contribution < 1.29 is 14.3 Å². The Kier molecular flexibility index (Phi) is 5.75. The maximum atomic E-state index is 12.4. The minimum absolute atomic E-state index is 0.116. The molecule has 1 N–H and O–H groups in total. The molecule has 0 aliphatic rings. The van der Waals surface area contributed by atoms with Gasteiger partial charge in [0.25, 0.3) is 0 Å². The van der Waals surface area contributed by atoms with Gasteiger partial charge in [-0.05, 0) is 11.6 Å². The highest BCUT2D eigenvalue weighted by molar-refractivity contribution is 7.15. The number of fused-ring (bicyclic) bond motifs is 1. The molecule has 3 rings (SSSR count). The number of carbonyl (C=O) groups excluding carboxylic acids is 1. The van der Waals surface area contributed by atoms with Crippen LogP contribution in [0.5, 0.6) is 0 Å². The summed E-state index contributed by atoms with van der Waals surface area (Å²) in [6, 6.07) is 8.05. The Balaban J connectivity index is 1.74. The van der Waals surface area contributed by atoms with E-state index in [2.05, 4.69) is 20.1 Å². The van der Waals surface area contributed by atoms with E-state index < -0.39 is 0 Å². The molecule has 3 aromatic rings. The van der Waals surface area contributed by atoms with Gasteiger partial charge in [0.15, 0.2) is 0 Å². The molecule has 0 fully saturated rings. The minimum atomic E-state index is -0.116. The number of amides is 1. The molecule has 8 heteroatoms. The molecule has 132 valence electrons. The molecule has 2 aromatic heterocycles. The summed E-state index contributed by atoms with van der Waals surface area (Å²) in [5.74, 6) is -0.116. The van der Waals surface area contributed by atoms with Crippen LogP contribution in [-0.2, 0) is 33.8 Å². The summed E-state index contributed by atoms with van der Waals surface area (Å²) in [7, 11) is 3.28. The predicted octanol–water partition coefficient (Wildman–Crippen LogP) is 2.47. The lowest BCUT2D eigenvalue weighted by atomic mass is 10.1. The largest absolute Gasteiger partial charge is 0.383 e. The first-order chi connectivity index (χ1) is 12.2. The number of para-hydroxylation sites is 1. The van der Waals surface area contributed by atoms with E-state index >= 15 is 0 Å². The van der Waals surface area contributed by atoms with Crippen LogP contribution in [0.15, 0.2) is 30.5 Å². The fourth-order valence-electron chi connectivity index (χ4n) is 2.66. The Labute approximate surface area is 149 Å². The molecule has 7 nitrogen and oxygen atoms in total. The smallest absolute Gasteiger partial charge is 0.230 e. The molecule has 25 heavy (non-hydrogen) atoms. The van der Waals surface area contributed by atoms with Gasteiger partial charge in [-0.2, -0.15) is 0 Å². The van der Waals surface area contributed by atoms with Crippen LogP contribution in [0.3, 0.4) is 0 Å². The van der Waals surface area contributed by atoms with Crippen LogP contribution in [0.4, 0.5) is 5.13 Å². The van der Waals surface area contributed by atoms with Crippen molar-refractivity contribution >= 4 is 33.3 Å². The van der Waals surface area contributed by atoms with Crippen molar-refractivity contribution in [3.8, 4) is 0 Å². The van der Waals surface area contributed by atoms with Gasteiger partial charge in [0.05, 0.1) is 13.0 Å². The Bertz CT molecular complexity index is 859. The molecule has 0 atom stereocenters. The number of rotatable bonds is 8. The third-order valence-corrected chi connectivity index (χ3v) is 4.55. The topological polar surface area (TPSA) is 78.3 Å². The standard InChI is InChI=1S/C17H20N4O3S/c1-23-8-7-21-10-12(13-5-3-4-6-14(13)21)9-15(22)18-17-20-19-16(25-17)11-24-2/h3-6,10H,7-9,11H2,1-2H3,(H,18,20,22). The molecule has 0 spiro atoms. The molecule has 0 saturated carbocycles. The molecule has 1 aromatic carbocycles. The Morgan fingerprint density at radius 2 is 2.08 bits per heavy atom. The van der Waals surface area contributed by atoms with Gasteiger partial charge in [0.2, 0.25) is 11.0 Å². The normalized spacial score (nSPS) is 11.1. The number of carbonyl (C=O) groups is 1.